The van der Waals surface area contributed by atoms with Gasteiger partial charge >= 0.3 is 6.18 Å². The maximum absolute atomic E-state index is 13.7. The van der Waals surface area contributed by atoms with Crippen molar-refractivity contribution in [3.63, 3.8) is 0 Å². The van der Waals surface area contributed by atoms with Crippen molar-refractivity contribution in [2.75, 3.05) is 0 Å². The number of pyridine rings is 1. The van der Waals surface area contributed by atoms with Crippen LogP contribution in [-0.4, -0.2) is 43.2 Å². The third-order valence-corrected chi connectivity index (χ3v) is 6.10. The highest BCUT2D eigenvalue weighted by Gasteiger charge is 2.40. The van der Waals surface area contributed by atoms with Gasteiger partial charge in [0.1, 0.15) is 6.04 Å². The molecule has 11 heteroatoms. The van der Waals surface area contributed by atoms with Gasteiger partial charge < -0.3 is 9.47 Å². The quantitative estimate of drug-likeness (QED) is 0.595. The van der Waals surface area contributed by atoms with Gasteiger partial charge in [-0.05, 0) is 36.2 Å². The van der Waals surface area contributed by atoms with E-state index in [0.717, 1.165) is 4.57 Å². The van der Waals surface area contributed by atoms with E-state index in [4.69, 9.17) is 0 Å². The fourth-order valence-electron chi connectivity index (χ4n) is 4.52. The predicted octanol–water partition coefficient (Wildman–Crippen LogP) is 2.93. The Balaban J connectivity index is 1.56. The average molecular weight is 469 g/mol. The number of carbonyl (C=O) groups is 3. The van der Waals surface area contributed by atoms with Crippen molar-refractivity contribution in [3.05, 3.63) is 59.7 Å². The van der Waals surface area contributed by atoms with Gasteiger partial charge in [0, 0.05) is 49.1 Å². The number of benzene rings is 1. The molecule has 1 aromatic carbocycles. The Labute approximate surface area is 191 Å². The van der Waals surface area contributed by atoms with Crippen LogP contribution in [0, 0.1) is 0 Å². The standard InChI is InChI=1S/C23H18F3N5O3/c1-30-19(12-6-8-27-9-7-12)18(29-22(30)23(24,25)26)13-2-3-15-14(10-13)11-31(21(15)34)16-4-5-17(32)28-20(16)33/h2-3,6-10,16H,4-5,11H2,1H3,(H,28,32,33). The molecule has 1 N–H and O–H groups in total. The van der Waals surface area contributed by atoms with Gasteiger partial charge in [0.25, 0.3) is 5.91 Å². The van der Waals surface area contributed by atoms with Gasteiger partial charge in [0.05, 0.1) is 11.4 Å². The number of nitrogens with zero attached hydrogens (tertiary/aromatic N) is 4. The summed E-state index contributed by atoms with van der Waals surface area (Å²) in [5, 5.41) is 2.24. The number of carbonyl (C=O) groups excluding carboxylic acids is 3. The van der Waals surface area contributed by atoms with Crippen molar-refractivity contribution < 1.29 is 27.6 Å². The zero-order chi connectivity index (χ0) is 24.2. The maximum atomic E-state index is 13.7. The molecular formula is C23H18F3N5O3. The average Bonchev–Trinajstić information content (AvgIpc) is 3.31. The molecule has 2 aliphatic heterocycles. The van der Waals surface area contributed by atoms with Crippen molar-refractivity contribution in [3.8, 4) is 22.5 Å². The minimum absolute atomic E-state index is 0.109. The van der Waals surface area contributed by atoms with Gasteiger partial charge in [-0.3, -0.25) is 24.7 Å². The van der Waals surface area contributed by atoms with E-state index in [2.05, 4.69) is 15.3 Å². The van der Waals surface area contributed by atoms with Crippen LogP contribution in [0.25, 0.3) is 22.5 Å². The molecule has 1 unspecified atom stereocenters. The Kier molecular flexibility index (Phi) is 4.99. The summed E-state index contributed by atoms with van der Waals surface area (Å²) < 4.78 is 42.0. The molecule has 1 atom stereocenters. The summed E-state index contributed by atoms with van der Waals surface area (Å²) in [6.45, 7) is 0.109. The molecule has 4 heterocycles. The van der Waals surface area contributed by atoms with Gasteiger partial charge in [0.15, 0.2) is 0 Å². The molecular weight excluding hydrogens is 451 g/mol. The molecule has 0 spiro atoms. The van der Waals surface area contributed by atoms with Crippen molar-refractivity contribution in [1.29, 1.82) is 0 Å². The first-order chi connectivity index (χ1) is 16.1. The van der Waals surface area contributed by atoms with Crippen LogP contribution in [0.5, 0.6) is 0 Å². The molecule has 0 bridgehead atoms. The third-order valence-electron chi connectivity index (χ3n) is 6.10. The van der Waals surface area contributed by atoms with Gasteiger partial charge in [-0.1, -0.05) is 6.07 Å². The summed E-state index contributed by atoms with van der Waals surface area (Å²) in [6.07, 6.45) is -1.34. The summed E-state index contributed by atoms with van der Waals surface area (Å²) in [7, 11) is 1.30. The van der Waals surface area contributed by atoms with Crippen molar-refractivity contribution in [2.24, 2.45) is 7.05 Å². The van der Waals surface area contributed by atoms with E-state index in [-0.39, 0.29) is 42.6 Å². The number of hydrogen-bond acceptors (Lipinski definition) is 5. The molecule has 8 nitrogen and oxygen atoms in total. The number of alkyl halides is 3. The van der Waals surface area contributed by atoms with Crippen LogP contribution < -0.4 is 5.32 Å². The molecule has 2 aromatic heterocycles. The number of piperidine rings is 1. The van der Waals surface area contributed by atoms with Crippen LogP contribution in [0.4, 0.5) is 13.2 Å². The Morgan fingerprint density at radius 2 is 1.79 bits per heavy atom. The molecule has 0 radical (unpaired) electrons. The van der Waals surface area contributed by atoms with E-state index in [1.807, 2.05) is 0 Å². The zero-order valence-electron chi connectivity index (χ0n) is 17.9. The minimum Gasteiger partial charge on any atom is -0.323 e. The molecule has 1 fully saturated rings. The van der Waals surface area contributed by atoms with Crippen LogP contribution in [0.15, 0.2) is 42.7 Å². The highest BCUT2D eigenvalue weighted by molar-refractivity contribution is 6.05. The number of hydrogen-bond donors (Lipinski definition) is 1. The van der Waals surface area contributed by atoms with Crippen LogP contribution in [0.2, 0.25) is 0 Å². The third kappa shape index (κ3) is 3.53. The normalized spacial score (nSPS) is 18.3. The van der Waals surface area contributed by atoms with Crippen molar-refractivity contribution in [2.45, 2.75) is 31.6 Å². The molecule has 34 heavy (non-hydrogen) atoms. The van der Waals surface area contributed by atoms with E-state index in [1.165, 1.54) is 30.4 Å². The monoisotopic (exact) mass is 469 g/mol. The number of aromatic nitrogens is 3. The molecule has 1 saturated heterocycles. The van der Waals surface area contributed by atoms with Crippen LogP contribution >= 0.6 is 0 Å². The van der Waals surface area contributed by atoms with Crippen LogP contribution in [0.1, 0.15) is 34.6 Å². The number of nitrogens with one attached hydrogen (secondary N) is 1. The lowest BCUT2D eigenvalue weighted by molar-refractivity contribution is -0.146. The smallest absolute Gasteiger partial charge is 0.323 e. The minimum atomic E-state index is -4.66. The highest BCUT2D eigenvalue weighted by Crippen LogP contribution is 2.39. The lowest BCUT2D eigenvalue weighted by Gasteiger charge is -2.29. The first-order valence-corrected chi connectivity index (χ1v) is 10.5. The second-order valence-electron chi connectivity index (χ2n) is 8.20. The number of amides is 3. The van der Waals surface area contributed by atoms with E-state index >= 15 is 0 Å². The largest absolute Gasteiger partial charge is 0.449 e. The molecule has 3 amide bonds. The topological polar surface area (TPSA) is 97.2 Å². The number of imidazole rings is 1. The fraction of sp³-hybridized carbons (Fsp3) is 0.261. The lowest BCUT2D eigenvalue weighted by atomic mass is 10.0. The second kappa shape index (κ2) is 7.79. The van der Waals surface area contributed by atoms with E-state index < -0.39 is 23.9 Å². The summed E-state index contributed by atoms with van der Waals surface area (Å²) in [4.78, 5) is 45.9. The molecule has 2 aliphatic rings. The van der Waals surface area contributed by atoms with Gasteiger partial charge in [-0.2, -0.15) is 13.2 Å². The number of fused-ring (bicyclic) bond motifs is 1. The second-order valence-corrected chi connectivity index (χ2v) is 8.20. The Hall–Kier alpha value is -4.02. The van der Waals surface area contributed by atoms with Gasteiger partial charge in [-0.25, -0.2) is 4.98 Å². The van der Waals surface area contributed by atoms with E-state index in [9.17, 15) is 27.6 Å². The van der Waals surface area contributed by atoms with Crippen molar-refractivity contribution in [1.82, 2.24) is 24.8 Å². The molecule has 0 aliphatic carbocycles. The SMILES string of the molecule is Cn1c(C(F)(F)F)nc(-c2ccc3c(c2)CN(C2CCC(=O)NC2=O)C3=O)c1-c1ccncc1. The Bertz CT molecular complexity index is 1330. The first-order valence-electron chi connectivity index (χ1n) is 10.5. The first kappa shape index (κ1) is 21.8. The Morgan fingerprint density at radius 3 is 2.47 bits per heavy atom. The highest BCUT2D eigenvalue weighted by atomic mass is 19.4. The summed E-state index contributed by atoms with van der Waals surface area (Å²) in [5.41, 5.74) is 2.25. The summed E-state index contributed by atoms with van der Waals surface area (Å²) in [5.74, 6) is -2.32. The van der Waals surface area contributed by atoms with Gasteiger partial charge in [0.2, 0.25) is 17.6 Å². The Morgan fingerprint density at radius 1 is 1.06 bits per heavy atom. The molecule has 0 saturated carbocycles. The number of halogens is 3. The van der Waals surface area contributed by atoms with Crippen molar-refractivity contribution >= 4 is 17.7 Å². The van der Waals surface area contributed by atoms with E-state index in [0.29, 0.717) is 22.3 Å². The van der Waals surface area contributed by atoms with Crippen LogP contribution in [0.3, 0.4) is 0 Å². The molecule has 3 aromatic rings. The predicted molar refractivity (Wildman–Crippen MR) is 113 cm³/mol. The number of rotatable bonds is 3. The molecule has 174 valence electrons. The van der Waals surface area contributed by atoms with Gasteiger partial charge in [-0.15, -0.1) is 0 Å². The molecule has 5 rings (SSSR count). The maximum Gasteiger partial charge on any atom is 0.449 e. The summed E-state index contributed by atoms with van der Waals surface area (Å²) >= 11 is 0. The number of imide groups is 1. The zero-order valence-corrected chi connectivity index (χ0v) is 17.9. The van der Waals surface area contributed by atoms with E-state index in [1.54, 1.807) is 24.3 Å². The van der Waals surface area contributed by atoms with Crippen LogP contribution in [-0.2, 0) is 29.4 Å². The lowest BCUT2D eigenvalue weighted by Crippen LogP contribution is -2.52. The summed E-state index contributed by atoms with van der Waals surface area (Å²) in [6, 6.07) is 7.14. The fourth-order valence-corrected chi connectivity index (χ4v) is 4.52.